The van der Waals surface area contributed by atoms with Gasteiger partial charge in [0.1, 0.15) is 11.9 Å². The van der Waals surface area contributed by atoms with E-state index < -0.39 is 0 Å². The number of nitrogens with one attached hydrogen (secondary N) is 2. The lowest BCUT2D eigenvalue weighted by Crippen LogP contribution is -2.45. The lowest BCUT2D eigenvalue weighted by molar-refractivity contribution is 0.248. The summed E-state index contributed by atoms with van der Waals surface area (Å²) in [7, 11) is 1.64. The zero-order valence-electron chi connectivity index (χ0n) is 16.5. The fourth-order valence-electron chi connectivity index (χ4n) is 2.90. The number of benzene rings is 2. The highest BCUT2D eigenvalue weighted by Crippen LogP contribution is 2.31. The molecule has 0 bridgehead atoms. The molecule has 0 aromatic heterocycles. The largest absolute Gasteiger partial charge is 0.497 e. The Morgan fingerprint density at radius 3 is 2.36 bits per heavy atom. The highest BCUT2D eigenvalue weighted by molar-refractivity contribution is 9.10. The van der Waals surface area contributed by atoms with Crippen LogP contribution in [0.5, 0.6) is 5.75 Å². The number of hydrazone groups is 1. The van der Waals surface area contributed by atoms with Gasteiger partial charge in [0, 0.05) is 27.7 Å². The van der Waals surface area contributed by atoms with Gasteiger partial charge in [0.2, 0.25) is 0 Å². The van der Waals surface area contributed by atoms with Gasteiger partial charge < -0.3 is 15.4 Å². The molecular weight excluding hydrogens is 420 g/mol. The number of ether oxygens (including phenoxy) is 1. The second-order valence-electron chi connectivity index (χ2n) is 7.66. The van der Waals surface area contributed by atoms with Gasteiger partial charge in [0.25, 0.3) is 0 Å². The third-order valence-corrected chi connectivity index (χ3v) is 5.04. The highest BCUT2D eigenvalue weighted by Gasteiger charge is 2.34. The van der Waals surface area contributed by atoms with Crippen LogP contribution in [0.1, 0.15) is 27.2 Å². The highest BCUT2D eigenvalue weighted by atomic mass is 79.9. The van der Waals surface area contributed by atoms with E-state index in [0.717, 1.165) is 27.3 Å². The molecule has 0 saturated heterocycles. The molecule has 3 rings (SSSR count). The number of nitrogens with zero attached hydrogens (tertiary/aromatic N) is 2. The van der Waals surface area contributed by atoms with E-state index in [1.165, 1.54) is 0 Å². The number of urea groups is 1. The van der Waals surface area contributed by atoms with E-state index in [1.54, 1.807) is 7.11 Å². The number of rotatable bonds is 4. The second kappa shape index (κ2) is 8.22. The van der Waals surface area contributed by atoms with Crippen LogP contribution in [-0.2, 0) is 0 Å². The summed E-state index contributed by atoms with van der Waals surface area (Å²) in [4.78, 5) is 12.6. The minimum absolute atomic E-state index is 0.0800. The van der Waals surface area contributed by atoms with Gasteiger partial charge >= 0.3 is 6.03 Å². The van der Waals surface area contributed by atoms with Crippen molar-refractivity contribution in [3.63, 3.8) is 0 Å². The molecule has 1 atom stereocenters. The Morgan fingerprint density at radius 1 is 1.14 bits per heavy atom. The lowest BCUT2D eigenvalue weighted by Gasteiger charge is -2.24. The van der Waals surface area contributed by atoms with Crippen LogP contribution in [0.25, 0.3) is 0 Å². The van der Waals surface area contributed by atoms with Crippen molar-refractivity contribution in [1.29, 1.82) is 0 Å². The molecule has 148 valence electrons. The quantitative estimate of drug-likeness (QED) is 0.679. The zero-order valence-corrected chi connectivity index (χ0v) is 18.1. The summed E-state index contributed by atoms with van der Waals surface area (Å²) in [6.45, 7) is 6.38. The van der Waals surface area contributed by atoms with Gasteiger partial charge in [-0.25, -0.2) is 9.80 Å². The van der Waals surface area contributed by atoms with Crippen LogP contribution in [0, 0.1) is 5.41 Å². The standard InChI is InChI=1S/C21H25BrN4O2/c1-21(2,3)18-13-19(24-20(27)23-15-7-5-14(22)6-8-15)26(25-18)16-9-11-17(28-4)12-10-16/h5-12,19H,13H2,1-4H3,(H2,23,24,27). The molecule has 7 heteroatoms. The average Bonchev–Trinajstić information content (AvgIpc) is 3.08. The predicted molar refractivity (Wildman–Crippen MR) is 117 cm³/mol. The Bertz CT molecular complexity index is 857. The minimum atomic E-state index is -0.267. The van der Waals surface area contributed by atoms with E-state index >= 15 is 0 Å². The fraction of sp³-hybridized carbons (Fsp3) is 0.333. The Hall–Kier alpha value is -2.54. The number of methoxy groups -OCH3 is 1. The maximum absolute atomic E-state index is 12.6. The molecule has 28 heavy (non-hydrogen) atoms. The third-order valence-electron chi connectivity index (χ3n) is 4.51. The Kier molecular flexibility index (Phi) is 5.93. The molecule has 0 radical (unpaired) electrons. The molecule has 0 spiro atoms. The van der Waals surface area contributed by atoms with Gasteiger partial charge in [-0.05, 0) is 48.5 Å². The van der Waals surface area contributed by atoms with Gasteiger partial charge in [0.05, 0.1) is 12.8 Å². The summed E-state index contributed by atoms with van der Waals surface area (Å²) in [5.74, 6) is 0.778. The Morgan fingerprint density at radius 2 is 1.79 bits per heavy atom. The van der Waals surface area contributed by atoms with E-state index in [4.69, 9.17) is 9.84 Å². The van der Waals surface area contributed by atoms with Gasteiger partial charge in [-0.15, -0.1) is 0 Å². The van der Waals surface area contributed by atoms with Crippen LogP contribution < -0.4 is 20.4 Å². The number of hydrogen-bond donors (Lipinski definition) is 2. The Balaban J connectivity index is 1.77. The first-order valence-electron chi connectivity index (χ1n) is 9.10. The van der Waals surface area contributed by atoms with E-state index in [2.05, 4.69) is 47.3 Å². The summed E-state index contributed by atoms with van der Waals surface area (Å²) >= 11 is 3.39. The summed E-state index contributed by atoms with van der Waals surface area (Å²) in [5.41, 5.74) is 2.58. The van der Waals surface area contributed by atoms with Crippen molar-refractivity contribution >= 4 is 39.0 Å². The van der Waals surface area contributed by atoms with Crippen LogP contribution in [-0.4, -0.2) is 25.0 Å². The summed E-state index contributed by atoms with van der Waals surface area (Å²) in [6.07, 6.45) is 0.390. The molecule has 0 aliphatic carbocycles. The van der Waals surface area contributed by atoms with Crippen LogP contribution in [0.15, 0.2) is 58.1 Å². The topological polar surface area (TPSA) is 66.0 Å². The third kappa shape index (κ3) is 4.84. The molecule has 2 aromatic carbocycles. The minimum Gasteiger partial charge on any atom is -0.497 e. The van der Waals surface area contributed by atoms with Crippen molar-refractivity contribution in [1.82, 2.24) is 5.32 Å². The van der Waals surface area contributed by atoms with Crippen molar-refractivity contribution in [2.24, 2.45) is 10.5 Å². The predicted octanol–water partition coefficient (Wildman–Crippen LogP) is 5.22. The van der Waals surface area contributed by atoms with E-state index in [0.29, 0.717) is 6.42 Å². The molecule has 1 aliphatic heterocycles. The van der Waals surface area contributed by atoms with Crippen molar-refractivity contribution in [3.8, 4) is 5.75 Å². The zero-order chi connectivity index (χ0) is 20.3. The van der Waals surface area contributed by atoms with E-state index in [-0.39, 0.29) is 17.6 Å². The molecule has 2 aromatic rings. The molecule has 2 N–H and O–H groups in total. The maximum Gasteiger partial charge on any atom is 0.320 e. The van der Waals surface area contributed by atoms with Crippen LogP contribution in [0.2, 0.25) is 0 Å². The smallest absolute Gasteiger partial charge is 0.320 e. The summed E-state index contributed by atoms with van der Waals surface area (Å²) < 4.78 is 6.20. The van der Waals surface area contributed by atoms with Crippen LogP contribution >= 0.6 is 15.9 Å². The van der Waals surface area contributed by atoms with Crippen LogP contribution in [0.3, 0.4) is 0 Å². The van der Waals surface area contributed by atoms with Gasteiger partial charge in [-0.1, -0.05) is 36.7 Å². The van der Waals surface area contributed by atoms with E-state index in [9.17, 15) is 4.79 Å². The number of anilines is 2. The first-order chi connectivity index (χ1) is 13.3. The average molecular weight is 445 g/mol. The molecule has 1 aliphatic rings. The van der Waals surface area contributed by atoms with Gasteiger partial charge in [0.15, 0.2) is 0 Å². The summed E-state index contributed by atoms with van der Waals surface area (Å²) in [5, 5.41) is 12.6. The van der Waals surface area contributed by atoms with Crippen molar-refractivity contribution in [2.45, 2.75) is 33.4 Å². The van der Waals surface area contributed by atoms with E-state index in [1.807, 2.05) is 53.5 Å². The van der Waals surface area contributed by atoms with Crippen molar-refractivity contribution < 1.29 is 9.53 Å². The van der Waals surface area contributed by atoms with Gasteiger partial charge in [-0.3, -0.25) is 0 Å². The molecule has 1 unspecified atom stereocenters. The SMILES string of the molecule is COc1ccc(N2N=C(C(C)(C)C)CC2NC(=O)Nc2ccc(Br)cc2)cc1. The molecule has 1 heterocycles. The lowest BCUT2D eigenvalue weighted by atomic mass is 9.88. The molecule has 6 nitrogen and oxygen atoms in total. The monoisotopic (exact) mass is 444 g/mol. The molecule has 0 fully saturated rings. The number of carbonyl (C=O) groups is 1. The number of hydrogen-bond acceptors (Lipinski definition) is 4. The summed E-state index contributed by atoms with van der Waals surface area (Å²) in [6, 6.07) is 14.8. The number of amides is 2. The molecule has 0 saturated carbocycles. The number of carbonyl (C=O) groups excluding carboxylic acids is 1. The first kappa shape index (κ1) is 20.2. The normalized spacial score (nSPS) is 16.5. The molecule has 2 amide bonds. The number of halogens is 1. The van der Waals surface area contributed by atoms with Crippen molar-refractivity contribution in [2.75, 3.05) is 17.4 Å². The van der Waals surface area contributed by atoms with Crippen LogP contribution in [0.4, 0.5) is 16.2 Å². The molecular formula is C21H25BrN4O2. The first-order valence-corrected chi connectivity index (χ1v) is 9.90. The van der Waals surface area contributed by atoms with Crippen molar-refractivity contribution in [3.05, 3.63) is 53.0 Å². The fourth-order valence-corrected chi connectivity index (χ4v) is 3.17. The second-order valence-corrected chi connectivity index (χ2v) is 8.58. The van der Waals surface area contributed by atoms with Gasteiger partial charge in [-0.2, -0.15) is 5.10 Å². The maximum atomic E-state index is 12.6. The Labute approximate surface area is 174 Å².